The lowest BCUT2D eigenvalue weighted by Crippen LogP contribution is -2.15. The first-order valence-electron chi connectivity index (χ1n) is 5.76. The molecule has 17 heavy (non-hydrogen) atoms. The summed E-state index contributed by atoms with van der Waals surface area (Å²) in [6, 6.07) is 11.9. The van der Waals surface area contributed by atoms with Crippen LogP contribution in [0.1, 0.15) is 36.8 Å². The molecule has 0 N–H and O–H groups in total. The van der Waals surface area contributed by atoms with Gasteiger partial charge in [0, 0.05) is 11.9 Å². The summed E-state index contributed by atoms with van der Waals surface area (Å²) in [6.07, 6.45) is 2.81. The highest BCUT2D eigenvalue weighted by molar-refractivity contribution is 5.74. The van der Waals surface area contributed by atoms with Gasteiger partial charge in [-0.3, -0.25) is 4.79 Å². The minimum Gasteiger partial charge on any atom is -0.314 e. The Balaban J connectivity index is 2.64. The van der Waals surface area contributed by atoms with E-state index in [4.69, 9.17) is 0 Å². The number of nitrogens with zero attached hydrogens (tertiary/aromatic N) is 1. The molecule has 0 amide bonds. The number of aromatic nitrogens is 1. The van der Waals surface area contributed by atoms with Gasteiger partial charge in [0.05, 0.1) is 5.69 Å². The van der Waals surface area contributed by atoms with E-state index < -0.39 is 0 Å². The number of para-hydroxylation sites is 1. The van der Waals surface area contributed by atoms with Gasteiger partial charge in [0.2, 0.25) is 0 Å². The first-order valence-corrected chi connectivity index (χ1v) is 5.76. The van der Waals surface area contributed by atoms with Crippen LogP contribution < -0.4 is 0 Å². The van der Waals surface area contributed by atoms with Crippen LogP contribution in [0.5, 0.6) is 0 Å². The highest BCUT2D eigenvalue weighted by Gasteiger charge is 2.18. The number of carbonyl (C=O) groups is 1. The van der Waals surface area contributed by atoms with Crippen LogP contribution in [-0.2, 0) is 5.41 Å². The topological polar surface area (TPSA) is 22.0 Å². The quantitative estimate of drug-likeness (QED) is 0.719. The Kier molecular flexibility index (Phi) is 2.88. The molecule has 1 aromatic heterocycles. The average molecular weight is 227 g/mol. The molecular formula is C15H17NO. The van der Waals surface area contributed by atoms with Crippen LogP contribution in [0.2, 0.25) is 0 Å². The number of benzene rings is 1. The van der Waals surface area contributed by atoms with Crippen LogP contribution in [0.15, 0.2) is 42.6 Å². The summed E-state index contributed by atoms with van der Waals surface area (Å²) in [4.78, 5) is 11.0. The smallest absolute Gasteiger partial charge is 0.166 e. The Bertz CT molecular complexity index is 532. The fourth-order valence-electron chi connectivity index (χ4n) is 2.03. The fraction of sp³-hybridized carbons (Fsp3) is 0.267. The first-order chi connectivity index (χ1) is 8.04. The largest absolute Gasteiger partial charge is 0.314 e. The fourth-order valence-corrected chi connectivity index (χ4v) is 2.03. The predicted octanol–water partition coefficient (Wildman–Crippen LogP) is 3.59. The van der Waals surface area contributed by atoms with Crippen molar-refractivity contribution in [3.63, 3.8) is 0 Å². The second-order valence-electron chi connectivity index (χ2n) is 5.19. The maximum Gasteiger partial charge on any atom is 0.166 e. The van der Waals surface area contributed by atoms with E-state index in [0.29, 0.717) is 5.69 Å². The molecule has 2 nitrogen and oxygen atoms in total. The molecule has 0 spiro atoms. The highest BCUT2D eigenvalue weighted by Crippen LogP contribution is 2.28. The third-order valence-electron chi connectivity index (χ3n) is 2.87. The Labute approximate surface area is 102 Å². The van der Waals surface area contributed by atoms with E-state index in [2.05, 4.69) is 26.8 Å². The van der Waals surface area contributed by atoms with Gasteiger partial charge in [-0.2, -0.15) is 0 Å². The van der Waals surface area contributed by atoms with Crippen molar-refractivity contribution in [2.45, 2.75) is 26.2 Å². The van der Waals surface area contributed by atoms with E-state index in [1.807, 2.05) is 41.1 Å². The molecule has 2 heteroatoms. The maximum absolute atomic E-state index is 11.0. The van der Waals surface area contributed by atoms with Crippen molar-refractivity contribution in [2.24, 2.45) is 0 Å². The number of rotatable bonds is 2. The molecule has 0 aliphatic rings. The molecule has 0 aliphatic carbocycles. The van der Waals surface area contributed by atoms with Crippen LogP contribution in [0.25, 0.3) is 5.69 Å². The predicted molar refractivity (Wildman–Crippen MR) is 69.9 cm³/mol. The monoisotopic (exact) mass is 227 g/mol. The second kappa shape index (κ2) is 4.21. The Morgan fingerprint density at radius 1 is 1.06 bits per heavy atom. The summed E-state index contributed by atoms with van der Waals surface area (Å²) in [5.74, 6) is 0. The maximum atomic E-state index is 11.0. The molecular weight excluding hydrogens is 210 g/mol. The molecule has 2 aromatic rings. The van der Waals surface area contributed by atoms with Gasteiger partial charge in [0.15, 0.2) is 6.29 Å². The average Bonchev–Trinajstić information content (AvgIpc) is 2.75. The SMILES string of the molecule is CC(C)(C)c1ccccc1-n1cccc1C=O. The van der Waals surface area contributed by atoms with Crippen LogP contribution >= 0.6 is 0 Å². The van der Waals surface area contributed by atoms with Gasteiger partial charge >= 0.3 is 0 Å². The molecule has 0 radical (unpaired) electrons. The normalized spacial score (nSPS) is 11.5. The highest BCUT2D eigenvalue weighted by atomic mass is 16.1. The summed E-state index contributed by atoms with van der Waals surface area (Å²) in [5.41, 5.74) is 3.05. The summed E-state index contributed by atoms with van der Waals surface area (Å²) < 4.78 is 1.94. The van der Waals surface area contributed by atoms with Crippen molar-refractivity contribution in [1.29, 1.82) is 0 Å². The zero-order chi connectivity index (χ0) is 12.5. The van der Waals surface area contributed by atoms with Crippen LogP contribution in [0, 0.1) is 0 Å². The molecule has 1 heterocycles. The molecule has 0 saturated heterocycles. The zero-order valence-corrected chi connectivity index (χ0v) is 10.5. The number of aldehydes is 1. The molecule has 1 aromatic carbocycles. The standard InChI is InChI=1S/C15H17NO/c1-15(2,3)13-8-4-5-9-14(13)16-10-6-7-12(16)11-17/h4-11H,1-3H3. The van der Waals surface area contributed by atoms with Crippen molar-refractivity contribution in [3.8, 4) is 5.69 Å². The summed E-state index contributed by atoms with van der Waals surface area (Å²) >= 11 is 0. The zero-order valence-electron chi connectivity index (χ0n) is 10.5. The van der Waals surface area contributed by atoms with Crippen LogP contribution in [0.3, 0.4) is 0 Å². The lowest BCUT2D eigenvalue weighted by molar-refractivity contribution is 0.111. The van der Waals surface area contributed by atoms with Gasteiger partial charge in [-0.05, 0) is 29.2 Å². The Hall–Kier alpha value is -1.83. The molecule has 0 atom stereocenters. The molecule has 2 rings (SSSR count). The van der Waals surface area contributed by atoms with Crippen molar-refractivity contribution in [3.05, 3.63) is 53.9 Å². The molecule has 0 bridgehead atoms. The number of hydrogen-bond acceptors (Lipinski definition) is 1. The Morgan fingerprint density at radius 2 is 1.76 bits per heavy atom. The van der Waals surface area contributed by atoms with Crippen molar-refractivity contribution < 1.29 is 4.79 Å². The van der Waals surface area contributed by atoms with E-state index in [1.54, 1.807) is 0 Å². The number of carbonyl (C=O) groups excluding carboxylic acids is 1. The van der Waals surface area contributed by atoms with Gasteiger partial charge in [-0.1, -0.05) is 39.0 Å². The third kappa shape index (κ3) is 2.16. The first kappa shape index (κ1) is 11.6. The minimum atomic E-state index is 0.0566. The van der Waals surface area contributed by atoms with Crippen LogP contribution in [-0.4, -0.2) is 10.9 Å². The molecule has 0 aliphatic heterocycles. The summed E-state index contributed by atoms with van der Waals surface area (Å²) in [6.45, 7) is 6.53. The van der Waals surface area contributed by atoms with Crippen molar-refractivity contribution >= 4 is 6.29 Å². The second-order valence-corrected chi connectivity index (χ2v) is 5.19. The summed E-state index contributed by atoms with van der Waals surface area (Å²) in [5, 5.41) is 0. The van der Waals surface area contributed by atoms with Crippen molar-refractivity contribution in [1.82, 2.24) is 4.57 Å². The van der Waals surface area contributed by atoms with Gasteiger partial charge < -0.3 is 4.57 Å². The van der Waals surface area contributed by atoms with Gasteiger partial charge in [0.1, 0.15) is 0 Å². The molecule has 0 fully saturated rings. The van der Waals surface area contributed by atoms with Crippen molar-refractivity contribution in [2.75, 3.05) is 0 Å². The lowest BCUT2D eigenvalue weighted by Gasteiger charge is -2.23. The van der Waals surface area contributed by atoms with Crippen LogP contribution in [0.4, 0.5) is 0 Å². The molecule has 0 saturated carbocycles. The molecule has 88 valence electrons. The van der Waals surface area contributed by atoms with Gasteiger partial charge in [0.25, 0.3) is 0 Å². The summed E-state index contributed by atoms with van der Waals surface area (Å²) in [7, 11) is 0. The van der Waals surface area contributed by atoms with E-state index >= 15 is 0 Å². The van der Waals surface area contributed by atoms with Gasteiger partial charge in [-0.25, -0.2) is 0 Å². The lowest BCUT2D eigenvalue weighted by atomic mass is 9.85. The van der Waals surface area contributed by atoms with Gasteiger partial charge in [-0.15, -0.1) is 0 Å². The van der Waals surface area contributed by atoms with E-state index in [-0.39, 0.29) is 5.41 Å². The Morgan fingerprint density at radius 3 is 2.41 bits per heavy atom. The molecule has 0 unspecified atom stereocenters. The van der Waals surface area contributed by atoms with E-state index in [0.717, 1.165) is 12.0 Å². The third-order valence-corrected chi connectivity index (χ3v) is 2.87. The number of hydrogen-bond donors (Lipinski definition) is 0. The van der Waals surface area contributed by atoms with E-state index in [9.17, 15) is 4.79 Å². The minimum absolute atomic E-state index is 0.0566. The van der Waals surface area contributed by atoms with E-state index in [1.165, 1.54) is 5.56 Å².